The van der Waals surface area contributed by atoms with Gasteiger partial charge in [-0.25, -0.2) is 12.8 Å². The lowest BCUT2D eigenvalue weighted by molar-refractivity contribution is 0.370. The van der Waals surface area contributed by atoms with E-state index in [-0.39, 0.29) is 17.5 Å². The van der Waals surface area contributed by atoms with Crippen LogP contribution < -0.4 is 5.32 Å². The molecule has 1 aromatic carbocycles. The smallest absolute Gasteiger partial charge is 0.246 e. The zero-order chi connectivity index (χ0) is 15.6. The summed E-state index contributed by atoms with van der Waals surface area (Å²) in [5.74, 6) is -0.669. The molecule has 0 atom stereocenters. The number of nitrogens with zero attached hydrogens (tertiary/aromatic N) is 1. The van der Waals surface area contributed by atoms with Gasteiger partial charge in [-0.3, -0.25) is 0 Å². The average Bonchev–Trinajstić information content (AvgIpc) is 2.95. The Morgan fingerprint density at radius 3 is 2.57 bits per heavy atom. The van der Waals surface area contributed by atoms with Gasteiger partial charge in [0.2, 0.25) is 10.0 Å². The lowest BCUT2D eigenvalue weighted by Crippen LogP contribution is -2.35. The number of rotatable bonds is 5. The lowest BCUT2D eigenvalue weighted by Gasteiger charge is -2.24. The Morgan fingerprint density at radius 1 is 1.38 bits per heavy atom. The molecule has 4 nitrogen and oxygen atoms in total. The van der Waals surface area contributed by atoms with Crippen molar-refractivity contribution in [1.82, 2.24) is 9.62 Å². The summed E-state index contributed by atoms with van der Waals surface area (Å²) in [5.41, 5.74) is 0.338. The van der Waals surface area contributed by atoms with E-state index in [1.165, 1.54) is 10.4 Å². The second-order valence-electron chi connectivity index (χ2n) is 5.37. The van der Waals surface area contributed by atoms with Crippen molar-refractivity contribution in [2.75, 3.05) is 14.1 Å². The first-order valence-electron chi connectivity index (χ1n) is 6.98. The van der Waals surface area contributed by atoms with Gasteiger partial charge in [-0.1, -0.05) is 28.8 Å². The van der Waals surface area contributed by atoms with Crippen molar-refractivity contribution >= 4 is 26.0 Å². The Morgan fingerprint density at radius 2 is 2.00 bits per heavy atom. The second kappa shape index (κ2) is 6.73. The van der Waals surface area contributed by atoms with E-state index >= 15 is 0 Å². The predicted molar refractivity (Wildman–Crippen MR) is 84.1 cm³/mol. The van der Waals surface area contributed by atoms with Gasteiger partial charge in [0.25, 0.3) is 0 Å². The number of benzene rings is 1. The summed E-state index contributed by atoms with van der Waals surface area (Å²) >= 11 is 3.26. The number of sulfonamides is 1. The molecule has 1 aliphatic carbocycles. The summed E-state index contributed by atoms with van der Waals surface area (Å²) in [6.07, 6.45) is 3.73. The zero-order valence-electron chi connectivity index (χ0n) is 12.2. The van der Waals surface area contributed by atoms with E-state index in [0.29, 0.717) is 10.0 Å². The van der Waals surface area contributed by atoms with E-state index in [1.807, 2.05) is 0 Å². The summed E-state index contributed by atoms with van der Waals surface area (Å²) in [7, 11) is -0.577. The van der Waals surface area contributed by atoms with Crippen LogP contribution in [-0.4, -0.2) is 32.9 Å². The van der Waals surface area contributed by atoms with Gasteiger partial charge < -0.3 is 5.32 Å². The largest absolute Gasteiger partial charge is 0.316 e. The van der Waals surface area contributed by atoms with Gasteiger partial charge in [-0.2, -0.15) is 4.31 Å². The summed E-state index contributed by atoms with van der Waals surface area (Å²) in [6, 6.07) is 2.91. The summed E-state index contributed by atoms with van der Waals surface area (Å²) < 4.78 is 41.8. The minimum Gasteiger partial charge on any atom is -0.316 e. The van der Waals surface area contributed by atoms with Gasteiger partial charge in [0, 0.05) is 29.7 Å². The maximum atomic E-state index is 14.5. The molecule has 2 rings (SSSR count). The first-order chi connectivity index (χ1) is 9.87. The lowest BCUT2D eigenvalue weighted by atomic mass is 10.2. The third-order valence-corrected chi connectivity index (χ3v) is 6.31. The molecule has 1 N–H and O–H groups in total. The second-order valence-corrected chi connectivity index (χ2v) is 8.25. The topological polar surface area (TPSA) is 49.4 Å². The Labute approximate surface area is 133 Å². The van der Waals surface area contributed by atoms with Crippen LogP contribution in [0.4, 0.5) is 4.39 Å². The molecule has 0 spiro atoms. The summed E-state index contributed by atoms with van der Waals surface area (Å²) in [4.78, 5) is -0.253. The fraction of sp³-hybridized carbons (Fsp3) is 0.571. The zero-order valence-corrected chi connectivity index (χ0v) is 14.6. The molecule has 1 fully saturated rings. The first-order valence-corrected chi connectivity index (χ1v) is 9.21. The standard InChI is InChI=1S/C14H20BrFN2O2S/c1-17-9-10-7-11(15)8-13(14(10)16)21(19,20)18(2)12-5-3-4-6-12/h7-8,12,17H,3-6,9H2,1-2H3. The predicted octanol–water partition coefficient (Wildman–Crippen LogP) is 2.87. The van der Waals surface area contributed by atoms with Gasteiger partial charge in [-0.05, 0) is 32.0 Å². The number of nitrogens with one attached hydrogen (secondary N) is 1. The molecule has 118 valence electrons. The molecule has 0 amide bonds. The van der Waals surface area contributed by atoms with Crippen LogP contribution in [0, 0.1) is 5.82 Å². The molecule has 0 aliphatic heterocycles. The number of halogens is 2. The van der Waals surface area contributed by atoms with E-state index in [1.54, 1.807) is 20.2 Å². The quantitative estimate of drug-likeness (QED) is 0.856. The van der Waals surface area contributed by atoms with Crippen molar-refractivity contribution in [3.05, 3.63) is 28.0 Å². The van der Waals surface area contributed by atoms with Crippen LogP contribution in [0.25, 0.3) is 0 Å². The molecule has 0 saturated heterocycles. The van der Waals surface area contributed by atoms with Crippen LogP contribution in [0.3, 0.4) is 0 Å². The normalized spacial score (nSPS) is 16.8. The highest BCUT2D eigenvalue weighted by Crippen LogP contribution is 2.30. The molecule has 0 bridgehead atoms. The van der Waals surface area contributed by atoms with E-state index in [9.17, 15) is 12.8 Å². The van der Waals surface area contributed by atoms with E-state index < -0.39 is 15.8 Å². The van der Waals surface area contributed by atoms with E-state index in [0.717, 1.165) is 25.7 Å². The van der Waals surface area contributed by atoms with Crippen LogP contribution in [0.15, 0.2) is 21.5 Å². The fourth-order valence-corrected chi connectivity index (χ4v) is 4.95. The van der Waals surface area contributed by atoms with Crippen molar-refractivity contribution in [3.63, 3.8) is 0 Å². The molecule has 0 radical (unpaired) electrons. The molecule has 1 saturated carbocycles. The average molecular weight is 379 g/mol. The third-order valence-electron chi connectivity index (χ3n) is 3.94. The summed E-state index contributed by atoms with van der Waals surface area (Å²) in [6.45, 7) is 0.279. The minimum absolute atomic E-state index is 0.0267. The molecular formula is C14H20BrFN2O2S. The van der Waals surface area contributed by atoms with E-state index in [2.05, 4.69) is 21.2 Å². The maximum absolute atomic E-state index is 14.5. The third kappa shape index (κ3) is 3.47. The van der Waals surface area contributed by atoms with Crippen molar-refractivity contribution in [3.8, 4) is 0 Å². The van der Waals surface area contributed by atoms with Crippen molar-refractivity contribution in [2.45, 2.75) is 43.2 Å². The Kier molecular flexibility index (Phi) is 5.40. The highest BCUT2D eigenvalue weighted by Gasteiger charge is 2.32. The van der Waals surface area contributed by atoms with Gasteiger partial charge in [-0.15, -0.1) is 0 Å². The molecule has 0 heterocycles. The van der Waals surface area contributed by atoms with Crippen molar-refractivity contribution in [2.24, 2.45) is 0 Å². The SMILES string of the molecule is CNCc1cc(Br)cc(S(=O)(=O)N(C)C2CCCC2)c1F. The van der Waals surface area contributed by atoms with Crippen LogP contribution >= 0.6 is 15.9 Å². The van der Waals surface area contributed by atoms with Gasteiger partial charge >= 0.3 is 0 Å². The Balaban J connectivity index is 2.43. The molecule has 0 aromatic heterocycles. The van der Waals surface area contributed by atoms with Crippen LogP contribution in [0.2, 0.25) is 0 Å². The molecule has 21 heavy (non-hydrogen) atoms. The fourth-order valence-electron chi connectivity index (χ4n) is 2.74. The van der Waals surface area contributed by atoms with Crippen molar-refractivity contribution < 1.29 is 12.8 Å². The van der Waals surface area contributed by atoms with Crippen LogP contribution in [0.5, 0.6) is 0 Å². The van der Waals surface area contributed by atoms with Gasteiger partial charge in [0.1, 0.15) is 10.7 Å². The van der Waals surface area contributed by atoms with E-state index in [4.69, 9.17) is 0 Å². The van der Waals surface area contributed by atoms with Crippen molar-refractivity contribution in [1.29, 1.82) is 0 Å². The first kappa shape index (κ1) is 16.9. The maximum Gasteiger partial charge on any atom is 0.246 e. The monoisotopic (exact) mass is 378 g/mol. The molecule has 1 aliphatic rings. The Hall–Kier alpha value is -0.500. The highest BCUT2D eigenvalue weighted by atomic mass is 79.9. The summed E-state index contributed by atoms with van der Waals surface area (Å²) in [5, 5.41) is 2.85. The number of hydrogen-bond donors (Lipinski definition) is 1. The van der Waals surface area contributed by atoms with Crippen LogP contribution in [-0.2, 0) is 16.6 Å². The van der Waals surface area contributed by atoms with Crippen LogP contribution in [0.1, 0.15) is 31.2 Å². The Bertz CT molecular complexity index is 616. The highest BCUT2D eigenvalue weighted by molar-refractivity contribution is 9.10. The minimum atomic E-state index is -3.82. The van der Waals surface area contributed by atoms with Gasteiger partial charge in [0.05, 0.1) is 0 Å². The van der Waals surface area contributed by atoms with Gasteiger partial charge in [0.15, 0.2) is 0 Å². The molecule has 7 heteroatoms. The molecule has 1 aromatic rings. The molecular weight excluding hydrogens is 359 g/mol. The number of hydrogen-bond acceptors (Lipinski definition) is 3. The molecule has 0 unspecified atom stereocenters.